The van der Waals surface area contributed by atoms with Crippen LogP contribution in [0.2, 0.25) is 0 Å². The number of carbonyl (C=O) groups is 1. The molecule has 0 aromatic heterocycles. The van der Waals surface area contributed by atoms with Crippen LogP contribution in [-0.2, 0) is 4.84 Å². The van der Waals surface area contributed by atoms with Crippen LogP contribution >= 0.6 is 0 Å². The molecule has 15 heavy (non-hydrogen) atoms. The molecule has 0 radical (unpaired) electrons. The quantitative estimate of drug-likeness (QED) is 0.585. The van der Waals surface area contributed by atoms with Gasteiger partial charge in [-0.3, -0.25) is 10.2 Å². The van der Waals surface area contributed by atoms with Gasteiger partial charge in [0.05, 0.1) is 11.7 Å². The summed E-state index contributed by atoms with van der Waals surface area (Å²) in [7, 11) is 0. The van der Waals surface area contributed by atoms with Crippen LogP contribution in [0.15, 0.2) is 30.5 Å². The number of amides is 1. The number of rotatable bonds is 0. The predicted octanol–water partition coefficient (Wildman–Crippen LogP) is 0.846. The number of hydrogen-bond donors (Lipinski definition) is 3. The maximum Gasteiger partial charge on any atom is 0.265 e. The van der Waals surface area contributed by atoms with Gasteiger partial charge < -0.3 is 4.84 Å². The Morgan fingerprint density at radius 2 is 2.27 bits per heavy atom. The van der Waals surface area contributed by atoms with E-state index in [0.29, 0.717) is 5.56 Å². The lowest BCUT2D eigenvalue weighted by atomic mass is 9.96. The Bertz CT molecular complexity index is 456. The van der Waals surface area contributed by atoms with Crippen molar-refractivity contribution in [1.29, 1.82) is 0 Å². The molecule has 1 unspecified atom stereocenters. The average Bonchev–Trinajstić information content (AvgIpc) is 2.47. The summed E-state index contributed by atoms with van der Waals surface area (Å²) < 4.78 is 0. The average molecular weight is 203 g/mol. The zero-order chi connectivity index (χ0) is 10.3. The van der Waals surface area contributed by atoms with Crippen molar-refractivity contribution in [3.63, 3.8) is 0 Å². The van der Waals surface area contributed by atoms with E-state index in [1.54, 1.807) is 12.3 Å². The summed E-state index contributed by atoms with van der Waals surface area (Å²) in [6, 6.07) is 5.43. The normalized spacial score (nSPS) is 21.9. The second-order valence-corrected chi connectivity index (χ2v) is 3.39. The van der Waals surface area contributed by atoms with Gasteiger partial charge in [-0.1, -0.05) is 6.07 Å². The van der Waals surface area contributed by atoms with Gasteiger partial charge >= 0.3 is 0 Å². The van der Waals surface area contributed by atoms with E-state index in [1.165, 1.54) is 0 Å². The molecule has 3 N–H and O–H groups in total. The monoisotopic (exact) mass is 203 g/mol. The van der Waals surface area contributed by atoms with Gasteiger partial charge in [-0.25, -0.2) is 10.9 Å². The third-order valence-electron chi connectivity index (χ3n) is 2.51. The second kappa shape index (κ2) is 2.99. The van der Waals surface area contributed by atoms with E-state index >= 15 is 0 Å². The zero-order valence-electron chi connectivity index (χ0n) is 7.78. The number of hydrogen-bond acceptors (Lipinski definition) is 4. The highest BCUT2D eigenvalue weighted by atomic mass is 16.6. The molecule has 2 heterocycles. The second-order valence-electron chi connectivity index (χ2n) is 3.39. The zero-order valence-corrected chi connectivity index (χ0v) is 7.78. The fourth-order valence-electron chi connectivity index (χ4n) is 1.83. The summed E-state index contributed by atoms with van der Waals surface area (Å²) in [6.07, 6.45) is 3.39. The first-order valence-electron chi connectivity index (χ1n) is 4.63. The molecule has 1 atom stereocenters. The maximum absolute atomic E-state index is 11.6. The predicted molar refractivity (Wildman–Crippen MR) is 53.6 cm³/mol. The number of hydrazine groups is 1. The van der Waals surface area contributed by atoms with Gasteiger partial charge in [0, 0.05) is 11.1 Å². The Hall–Kier alpha value is -2.01. The molecule has 5 heteroatoms. The summed E-state index contributed by atoms with van der Waals surface area (Å²) >= 11 is 0. The molecule has 0 spiro atoms. The van der Waals surface area contributed by atoms with Gasteiger partial charge in [-0.15, -0.1) is 0 Å². The molecule has 2 aliphatic rings. The van der Waals surface area contributed by atoms with Gasteiger partial charge in [-0.2, -0.15) is 0 Å². The largest absolute Gasteiger partial charge is 0.390 e. The third-order valence-corrected chi connectivity index (χ3v) is 2.51. The summed E-state index contributed by atoms with van der Waals surface area (Å²) in [5.41, 5.74) is 10.7. The Balaban J connectivity index is 2.24. The van der Waals surface area contributed by atoms with Crippen molar-refractivity contribution in [3.05, 3.63) is 41.7 Å². The molecule has 1 aromatic rings. The molecular formula is C10H9N3O2. The molecular weight excluding hydrogens is 194 g/mol. The fraction of sp³-hybridized carbons (Fsp3) is 0.100. The SMILES string of the molecule is O=C1NNC2C=CONc3cccc1c32. The number of anilines is 1. The van der Waals surface area contributed by atoms with E-state index in [1.807, 2.05) is 18.2 Å². The first kappa shape index (κ1) is 8.31. The van der Waals surface area contributed by atoms with Crippen LogP contribution in [0.4, 0.5) is 5.69 Å². The first-order chi connectivity index (χ1) is 7.36. The first-order valence-corrected chi connectivity index (χ1v) is 4.63. The van der Waals surface area contributed by atoms with Crippen molar-refractivity contribution in [3.8, 4) is 0 Å². The van der Waals surface area contributed by atoms with E-state index in [2.05, 4.69) is 16.3 Å². The highest BCUT2D eigenvalue weighted by molar-refractivity contribution is 5.98. The Morgan fingerprint density at radius 1 is 1.33 bits per heavy atom. The molecule has 1 aromatic carbocycles. The van der Waals surface area contributed by atoms with Gasteiger partial charge in [0.1, 0.15) is 6.26 Å². The van der Waals surface area contributed by atoms with E-state index in [-0.39, 0.29) is 11.9 Å². The van der Waals surface area contributed by atoms with Crippen molar-refractivity contribution in [2.75, 3.05) is 5.48 Å². The smallest absolute Gasteiger partial charge is 0.265 e. The topological polar surface area (TPSA) is 62.4 Å². The Kier molecular flexibility index (Phi) is 1.66. The third kappa shape index (κ3) is 1.17. The Morgan fingerprint density at radius 3 is 3.20 bits per heavy atom. The maximum atomic E-state index is 11.6. The minimum atomic E-state index is -0.125. The number of carbonyl (C=O) groups excluding carboxylic acids is 1. The minimum absolute atomic E-state index is 0.0519. The highest BCUT2D eigenvalue weighted by Gasteiger charge is 2.27. The summed E-state index contributed by atoms with van der Waals surface area (Å²) in [4.78, 5) is 16.6. The van der Waals surface area contributed by atoms with Crippen LogP contribution in [0.25, 0.3) is 0 Å². The molecule has 0 bridgehead atoms. The van der Waals surface area contributed by atoms with E-state index in [9.17, 15) is 4.79 Å². The molecule has 0 fully saturated rings. The Labute approximate surface area is 86.0 Å². The van der Waals surface area contributed by atoms with Gasteiger partial charge in [0.25, 0.3) is 5.91 Å². The van der Waals surface area contributed by atoms with E-state index in [4.69, 9.17) is 4.84 Å². The summed E-state index contributed by atoms with van der Waals surface area (Å²) in [5, 5.41) is 0. The van der Waals surface area contributed by atoms with Crippen LogP contribution < -0.4 is 16.3 Å². The van der Waals surface area contributed by atoms with Crippen molar-refractivity contribution in [2.24, 2.45) is 0 Å². The summed E-state index contributed by atoms with van der Waals surface area (Å²) in [5.74, 6) is -0.125. The molecule has 0 saturated carbocycles. The molecule has 0 aliphatic carbocycles. The van der Waals surface area contributed by atoms with Crippen molar-refractivity contribution in [2.45, 2.75) is 6.04 Å². The van der Waals surface area contributed by atoms with Crippen LogP contribution in [0.3, 0.4) is 0 Å². The van der Waals surface area contributed by atoms with Crippen molar-refractivity contribution < 1.29 is 9.63 Å². The van der Waals surface area contributed by atoms with Crippen LogP contribution in [0, 0.1) is 0 Å². The summed E-state index contributed by atoms with van der Waals surface area (Å²) in [6.45, 7) is 0. The van der Waals surface area contributed by atoms with Crippen LogP contribution in [0.1, 0.15) is 22.0 Å². The van der Waals surface area contributed by atoms with Crippen LogP contribution in [0.5, 0.6) is 0 Å². The van der Waals surface area contributed by atoms with Crippen LogP contribution in [-0.4, -0.2) is 5.91 Å². The number of nitrogens with one attached hydrogen (secondary N) is 3. The lowest BCUT2D eigenvalue weighted by Crippen LogP contribution is -2.44. The fourth-order valence-corrected chi connectivity index (χ4v) is 1.83. The molecule has 3 rings (SSSR count). The van der Waals surface area contributed by atoms with Crippen molar-refractivity contribution in [1.82, 2.24) is 10.9 Å². The molecule has 76 valence electrons. The molecule has 0 saturated heterocycles. The molecule has 2 aliphatic heterocycles. The van der Waals surface area contributed by atoms with Gasteiger partial charge in [0.15, 0.2) is 0 Å². The highest BCUT2D eigenvalue weighted by Crippen LogP contribution is 2.31. The lowest BCUT2D eigenvalue weighted by molar-refractivity contribution is 0.0914. The van der Waals surface area contributed by atoms with E-state index in [0.717, 1.165) is 11.3 Å². The standard InChI is InChI=1S/C10H9N3O2/c14-10-6-2-1-3-8-9(6)7(11-12-10)4-5-15-13-8/h1-5,7,11,13H,(H,12,14). The molecule has 1 amide bonds. The van der Waals surface area contributed by atoms with E-state index < -0.39 is 0 Å². The van der Waals surface area contributed by atoms with Gasteiger partial charge in [0.2, 0.25) is 0 Å². The lowest BCUT2D eigenvalue weighted by Gasteiger charge is -2.25. The number of benzene rings is 1. The molecule has 5 nitrogen and oxygen atoms in total. The minimum Gasteiger partial charge on any atom is -0.390 e. The van der Waals surface area contributed by atoms with Crippen molar-refractivity contribution >= 4 is 11.6 Å². The van der Waals surface area contributed by atoms with Gasteiger partial charge in [-0.05, 0) is 18.2 Å².